The normalized spacial score (nSPS) is 18.1. The van der Waals surface area contributed by atoms with Gasteiger partial charge in [-0.3, -0.25) is 0 Å². The standard InChI is InChI=1S/2C22H25.C12H9Si.2ClH.Hf/c2*1-14-10-11-19(16(3)15(14)2)20-9-7-8-17-12-18(13-21(17)20)22(4,5)6;1-3-7-11-9(5-1)10-6-2-4-8-12(10)13-11;;;/h2*7-13H,1-6H3;1-7H,13H2;2*1H;/q;;;;;+2/p-2. The molecule has 1 heterocycles. The van der Waals surface area contributed by atoms with Crippen LogP contribution in [-0.4, -0.2) is 9.52 Å². The van der Waals surface area contributed by atoms with Crippen LogP contribution in [0.1, 0.15) is 105 Å². The Morgan fingerprint density at radius 2 is 0.883 bits per heavy atom. The minimum absolute atomic E-state index is 0.148. The second-order valence-electron chi connectivity index (χ2n) is 20.4. The van der Waals surface area contributed by atoms with Gasteiger partial charge in [-0.2, -0.15) is 0 Å². The monoisotopic (exact) mass is 1010 g/mol. The van der Waals surface area contributed by atoms with Crippen LogP contribution in [0, 0.1) is 52.4 Å². The molecule has 0 fully saturated rings. The van der Waals surface area contributed by atoms with Crippen molar-refractivity contribution in [2.24, 2.45) is 10.8 Å². The Labute approximate surface area is 370 Å². The van der Waals surface area contributed by atoms with Crippen molar-refractivity contribution in [3.8, 4) is 33.4 Å². The maximum absolute atomic E-state index is 9.49. The van der Waals surface area contributed by atoms with E-state index in [1.54, 1.807) is 0 Å². The summed E-state index contributed by atoms with van der Waals surface area (Å²) in [4.78, 5) is 0. The van der Waals surface area contributed by atoms with Crippen LogP contribution in [-0.2, 0) is 16.1 Å². The molecular formula is C56H59Cl2HfSi. The van der Waals surface area contributed by atoms with E-state index in [1.165, 1.54) is 114 Å². The van der Waals surface area contributed by atoms with Gasteiger partial charge in [-0.15, -0.1) is 0 Å². The molecule has 4 heteroatoms. The number of aryl methyl sites for hydroxylation is 2. The molecule has 0 amide bonds. The SMILES string of the molecule is Cc1ccc(-c2cccc3c2C=C(C(C)(C)C)[CH]3[Hf]([Cl])([Cl])([c]2cccc3c2[SiH2]c2ccccc2-3)[CH]2C(C(C)(C)C)=Cc3c(-c4ccc(C)c(C)c4C)cccc32)c(C)c1C. The van der Waals surface area contributed by atoms with E-state index in [0.717, 1.165) is 0 Å². The molecule has 60 heavy (non-hydrogen) atoms. The number of halogens is 2. The number of fused-ring (bicyclic) bond motifs is 5. The molecule has 0 radical (unpaired) electrons. The van der Waals surface area contributed by atoms with Crippen molar-refractivity contribution < 1.29 is 16.1 Å². The van der Waals surface area contributed by atoms with E-state index in [2.05, 4.69) is 198 Å². The molecule has 0 saturated carbocycles. The molecule has 2 aliphatic carbocycles. The Bertz CT molecular complexity index is 2730. The summed E-state index contributed by atoms with van der Waals surface area (Å²) >= 11 is -5.96. The fourth-order valence-corrected chi connectivity index (χ4v) is 50.9. The number of allylic oxidation sites excluding steroid dienone is 2. The van der Waals surface area contributed by atoms with E-state index in [-0.39, 0.29) is 18.2 Å². The molecule has 0 N–H and O–H groups in total. The van der Waals surface area contributed by atoms with E-state index in [4.69, 9.17) is 0 Å². The van der Waals surface area contributed by atoms with E-state index < -0.39 is 25.7 Å². The van der Waals surface area contributed by atoms with Gasteiger partial charge in [0.15, 0.2) is 0 Å². The zero-order valence-electron chi connectivity index (χ0n) is 37.6. The van der Waals surface area contributed by atoms with Crippen molar-refractivity contribution in [3.05, 3.63) is 170 Å². The zero-order valence-corrected chi connectivity index (χ0v) is 44.1. The van der Waals surface area contributed by atoms with Crippen LogP contribution in [0.4, 0.5) is 0 Å². The molecule has 305 valence electrons. The molecule has 0 spiro atoms. The van der Waals surface area contributed by atoms with Crippen molar-refractivity contribution in [2.45, 2.75) is 90.4 Å². The first-order valence-electron chi connectivity index (χ1n) is 21.9. The van der Waals surface area contributed by atoms with Crippen molar-refractivity contribution >= 4 is 52.5 Å². The fraction of sp³-hybridized carbons (Fsp3) is 0.286. The van der Waals surface area contributed by atoms with Gasteiger partial charge >= 0.3 is 373 Å². The summed E-state index contributed by atoms with van der Waals surface area (Å²) in [6, 6.07) is 39.3. The first kappa shape index (κ1) is 41.8. The summed E-state index contributed by atoms with van der Waals surface area (Å²) < 4.78 is 0.993. The predicted molar refractivity (Wildman–Crippen MR) is 264 cm³/mol. The molecule has 6 aromatic rings. The topological polar surface area (TPSA) is 0 Å². The van der Waals surface area contributed by atoms with Gasteiger partial charge in [0.2, 0.25) is 0 Å². The molecule has 0 saturated heterocycles. The number of benzene rings is 6. The van der Waals surface area contributed by atoms with Crippen LogP contribution in [0.5, 0.6) is 0 Å². The number of hydrogen-bond acceptors (Lipinski definition) is 0. The molecule has 2 unspecified atom stereocenters. The number of rotatable bonds is 5. The average molecular weight is 1010 g/mol. The average Bonchev–Trinajstić information content (AvgIpc) is 3.92. The molecular weight excluding hydrogens is 950 g/mol. The van der Waals surface area contributed by atoms with Crippen LogP contribution in [0.15, 0.2) is 114 Å². The van der Waals surface area contributed by atoms with Crippen molar-refractivity contribution in [2.75, 3.05) is 0 Å². The van der Waals surface area contributed by atoms with Gasteiger partial charge < -0.3 is 0 Å². The molecule has 0 bridgehead atoms. The molecule has 0 nitrogen and oxygen atoms in total. The fourth-order valence-electron chi connectivity index (χ4n) is 11.3. The quantitative estimate of drug-likeness (QED) is 0.151. The summed E-state index contributed by atoms with van der Waals surface area (Å²) in [6.07, 6.45) is 5.07. The molecule has 2 atom stereocenters. The van der Waals surface area contributed by atoms with Crippen molar-refractivity contribution in [1.29, 1.82) is 0 Å². The molecule has 0 aromatic heterocycles. The third-order valence-electron chi connectivity index (χ3n) is 15.0. The predicted octanol–water partition coefficient (Wildman–Crippen LogP) is 14.0. The van der Waals surface area contributed by atoms with Crippen molar-refractivity contribution in [3.63, 3.8) is 0 Å². The van der Waals surface area contributed by atoms with E-state index in [9.17, 15) is 17.2 Å². The molecule has 6 aromatic carbocycles. The first-order valence-corrected chi connectivity index (χ1v) is 38.1. The summed E-state index contributed by atoms with van der Waals surface area (Å²) in [5, 5.41) is 2.95. The molecule has 3 aliphatic rings. The second-order valence-corrected chi connectivity index (χ2v) is 51.5. The van der Waals surface area contributed by atoms with Crippen LogP contribution in [0.25, 0.3) is 45.5 Å². The Morgan fingerprint density at radius 3 is 1.37 bits per heavy atom. The molecule has 1 aliphatic heterocycles. The van der Waals surface area contributed by atoms with Crippen LogP contribution >= 0.6 is 17.2 Å². The number of hydrogen-bond donors (Lipinski definition) is 0. The Kier molecular flexibility index (Phi) is 9.93. The van der Waals surface area contributed by atoms with Gasteiger partial charge in [-0.25, -0.2) is 0 Å². The summed E-state index contributed by atoms with van der Waals surface area (Å²) in [6.45, 7) is 27.8. The Morgan fingerprint density at radius 1 is 0.450 bits per heavy atom. The van der Waals surface area contributed by atoms with E-state index in [0.29, 0.717) is 0 Å². The summed E-state index contributed by atoms with van der Waals surface area (Å²) in [7, 11) is 18.1. The van der Waals surface area contributed by atoms with Gasteiger partial charge in [0.05, 0.1) is 0 Å². The van der Waals surface area contributed by atoms with Gasteiger partial charge in [0.1, 0.15) is 0 Å². The maximum atomic E-state index is 9.49. The summed E-state index contributed by atoms with van der Waals surface area (Å²) in [5.74, 6) is 0. The van der Waals surface area contributed by atoms with Crippen LogP contribution in [0.2, 0.25) is 0 Å². The Hall–Kier alpha value is -3.53. The zero-order chi connectivity index (χ0) is 42.9. The van der Waals surface area contributed by atoms with E-state index in [1.807, 2.05) is 0 Å². The van der Waals surface area contributed by atoms with Gasteiger partial charge in [0.25, 0.3) is 0 Å². The molecule has 9 rings (SSSR count). The first-order chi connectivity index (χ1) is 28.2. The van der Waals surface area contributed by atoms with Gasteiger partial charge in [-0.1, -0.05) is 0 Å². The third kappa shape index (κ3) is 6.12. The second kappa shape index (κ2) is 14.2. The van der Waals surface area contributed by atoms with E-state index >= 15 is 0 Å². The van der Waals surface area contributed by atoms with Gasteiger partial charge in [0, 0.05) is 0 Å². The third-order valence-corrected chi connectivity index (χ3v) is 46.3. The van der Waals surface area contributed by atoms with Crippen LogP contribution in [0.3, 0.4) is 0 Å². The minimum atomic E-state index is -5.96. The van der Waals surface area contributed by atoms with Crippen LogP contribution < -0.4 is 13.7 Å². The summed E-state index contributed by atoms with van der Waals surface area (Å²) in [5.41, 5.74) is 23.3. The van der Waals surface area contributed by atoms with Gasteiger partial charge in [-0.05, 0) is 0 Å². The Balaban J connectivity index is 1.41. The van der Waals surface area contributed by atoms with Crippen molar-refractivity contribution in [1.82, 2.24) is 0 Å².